The molecule has 3 aromatic rings. The molecule has 0 saturated carbocycles. The molecule has 0 aliphatic rings. The van der Waals surface area contributed by atoms with Crippen LogP contribution in [0.15, 0.2) is 46.7 Å². The van der Waals surface area contributed by atoms with E-state index >= 15 is 0 Å². The Morgan fingerprint density at radius 2 is 1.91 bits per heavy atom. The summed E-state index contributed by atoms with van der Waals surface area (Å²) in [5, 5.41) is 3.87. The van der Waals surface area contributed by atoms with Gasteiger partial charge in [0.1, 0.15) is 4.21 Å². The second kappa shape index (κ2) is 6.40. The predicted molar refractivity (Wildman–Crippen MR) is 93.6 cm³/mol. The Morgan fingerprint density at radius 3 is 2.65 bits per heavy atom. The molecule has 0 atom stereocenters. The summed E-state index contributed by atoms with van der Waals surface area (Å²) in [7, 11) is -2.05. The quantitative estimate of drug-likeness (QED) is 0.729. The highest BCUT2D eigenvalue weighted by atomic mass is 32.2. The summed E-state index contributed by atoms with van der Waals surface area (Å²) in [6, 6.07) is 12.9. The third-order valence-electron chi connectivity index (χ3n) is 3.24. The van der Waals surface area contributed by atoms with Crippen LogP contribution in [0.3, 0.4) is 0 Å². The SMILES string of the molecule is CNS(=O)(=O)c1ccc(CNC(=O)c2cc3ccccc3s2)s1. The second-order valence-electron chi connectivity index (χ2n) is 4.76. The average molecular weight is 366 g/mol. The number of amides is 1. The zero-order valence-corrected chi connectivity index (χ0v) is 14.6. The summed E-state index contributed by atoms with van der Waals surface area (Å²) in [5.41, 5.74) is 0. The Kier molecular flexibility index (Phi) is 4.49. The first-order valence-corrected chi connectivity index (χ1v) is 9.90. The fourth-order valence-corrected chi connectivity index (χ4v) is 5.16. The number of benzene rings is 1. The first kappa shape index (κ1) is 16.1. The van der Waals surface area contributed by atoms with Crippen molar-refractivity contribution >= 4 is 48.7 Å². The van der Waals surface area contributed by atoms with Crippen LogP contribution in [0, 0.1) is 0 Å². The second-order valence-corrected chi connectivity index (χ2v) is 9.12. The normalized spacial score (nSPS) is 11.7. The topological polar surface area (TPSA) is 75.3 Å². The molecular formula is C15H14N2O3S3. The van der Waals surface area contributed by atoms with Crippen molar-refractivity contribution in [3.05, 3.63) is 52.2 Å². The van der Waals surface area contributed by atoms with Crippen molar-refractivity contribution < 1.29 is 13.2 Å². The predicted octanol–water partition coefficient (Wildman–Crippen LogP) is 2.80. The zero-order chi connectivity index (χ0) is 16.4. The Morgan fingerprint density at radius 1 is 1.13 bits per heavy atom. The van der Waals surface area contributed by atoms with Crippen molar-refractivity contribution in [2.45, 2.75) is 10.8 Å². The van der Waals surface area contributed by atoms with Crippen molar-refractivity contribution in [2.75, 3.05) is 7.05 Å². The molecule has 2 heterocycles. The van der Waals surface area contributed by atoms with Crippen LogP contribution in [0.5, 0.6) is 0 Å². The largest absolute Gasteiger partial charge is 0.346 e. The number of hydrogen-bond acceptors (Lipinski definition) is 5. The first-order chi connectivity index (χ1) is 11.0. The van der Waals surface area contributed by atoms with Crippen molar-refractivity contribution in [1.82, 2.24) is 10.0 Å². The average Bonchev–Trinajstić information content (AvgIpc) is 3.19. The number of thiophene rings is 2. The number of carbonyl (C=O) groups excluding carboxylic acids is 1. The Labute approximate surface area is 142 Å². The summed E-state index contributed by atoms with van der Waals surface area (Å²) >= 11 is 2.58. The maximum absolute atomic E-state index is 12.2. The van der Waals surface area contributed by atoms with Crippen molar-refractivity contribution in [1.29, 1.82) is 0 Å². The number of nitrogens with one attached hydrogen (secondary N) is 2. The van der Waals surface area contributed by atoms with Gasteiger partial charge in [0, 0.05) is 9.58 Å². The lowest BCUT2D eigenvalue weighted by Crippen LogP contribution is -2.21. The van der Waals surface area contributed by atoms with Gasteiger partial charge in [0.2, 0.25) is 10.0 Å². The van der Waals surface area contributed by atoms with Crippen LogP contribution in [0.2, 0.25) is 0 Å². The van der Waals surface area contributed by atoms with Gasteiger partial charge in [0.15, 0.2) is 0 Å². The van der Waals surface area contributed by atoms with E-state index in [1.54, 1.807) is 6.07 Å². The molecule has 0 aliphatic heterocycles. The van der Waals surface area contributed by atoms with Crippen LogP contribution < -0.4 is 10.0 Å². The van der Waals surface area contributed by atoms with E-state index in [1.807, 2.05) is 30.3 Å². The molecule has 5 nitrogen and oxygen atoms in total. The van der Waals surface area contributed by atoms with Crippen molar-refractivity contribution in [3.63, 3.8) is 0 Å². The number of hydrogen-bond donors (Lipinski definition) is 2. The van der Waals surface area contributed by atoms with Crippen LogP contribution in [-0.2, 0) is 16.6 Å². The van der Waals surface area contributed by atoms with Gasteiger partial charge in [0.05, 0.1) is 11.4 Å². The summed E-state index contributed by atoms with van der Waals surface area (Å²) < 4.78 is 27.0. The van der Waals surface area contributed by atoms with Gasteiger partial charge in [-0.2, -0.15) is 0 Å². The molecule has 0 fully saturated rings. The Hall–Kier alpha value is -1.74. The smallest absolute Gasteiger partial charge is 0.261 e. The third-order valence-corrected chi connectivity index (χ3v) is 7.35. The third kappa shape index (κ3) is 3.45. The number of sulfonamides is 1. The zero-order valence-electron chi connectivity index (χ0n) is 12.2. The highest BCUT2D eigenvalue weighted by molar-refractivity contribution is 7.91. The summed E-state index contributed by atoms with van der Waals surface area (Å²) in [6.45, 7) is 0.303. The number of rotatable bonds is 5. The van der Waals surface area contributed by atoms with Gasteiger partial charge in [-0.15, -0.1) is 22.7 Å². The molecule has 0 spiro atoms. The van der Waals surface area contributed by atoms with E-state index in [-0.39, 0.29) is 10.1 Å². The van der Waals surface area contributed by atoms with E-state index in [9.17, 15) is 13.2 Å². The van der Waals surface area contributed by atoms with Gasteiger partial charge in [-0.1, -0.05) is 18.2 Å². The Balaban J connectivity index is 1.69. The molecule has 3 rings (SSSR count). The molecule has 0 bridgehead atoms. The number of carbonyl (C=O) groups is 1. The minimum Gasteiger partial charge on any atom is -0.346 e. The summed E-state index contributed by atoms with van der Waals surface area (Å²) in [5.74, 6) is -0.155. The molecule has 0 radical (unpaired) electrons. The van der Waals surface area contributed by atoms with E-state index in [2.05, 4.69) is 10.0 Å². The van der Waals surface area contributed by atoms with E-state index in [1.165, 1.54) is 24.5 Å². The van der Waals surface area contributed by atoms with Gasteiger partial charge in [-0.3, -0.25) is 4.79 Å². The fourth-order valence-electron chi connectivity index (χ4n) is 2.05. The summed E-state index contributed by atoms with van der Waals surface area (Å²) in [6.07, 6.45) is 0. The van der Waals surface area contributed by atoms with Crippen LogP contribution >= 0.6 is 22.7 Å². The van der Waals surface area contributed by atoms with E-state index in [4.69, 9.17) is 0 Å². The standard InChI is InChI=1S/C15H14N2O3S3/c1-16-23(19,20)14-7-6-11(21-14)9-17-15(18)13-8-10-4-2-3-5-12(10)22-13/h2-8,16H,9H2,1H3,(H,17,18). The van der Waals surface area contributed by atoms with Crippen LogP contribution in [0.25, 0.3) is 10.1 Å². The van der Waals surface area contributed by atoms with Crippen LogP contribution in [0.1, 0.15) is 14.5 Å². The van der Waals surface area contributed by atoms with Crippen molar-refractivity contribution in [3.8, 4) is 0 Å². The van der Waals surface area contributed by atoms with Gasteiger partial charge in [0.25, 0.3) is 5.91 Å². The molecule has 0 saturated heterocycles. The number of fused-ring (bicyclic) bond motifs is 1. The highest BCUT2D eigenvalue weighted by Crippen LogP contribution is 2.25. The molecule has 0 aliphatic carbocycles. The van der Waals surface area contributed by atoms with Crippen LogP contribution in [0.4, 0.5) is 0 Å². The molecule has 1 amide bonds. The van der Waals surface area contributed by atoms with Gasteiger partial charge >= 0.3 is 0 Å². The lowest BCUT2D eigenvalue weighted by atomic mass is 10.2. The first-order valence-electron chi connectivity index (χ1n) is 6.78. The lowest BCUT2D eigenvalue weighted by molar-refractivity contribution is 0.0955. The van der Waals surface area contributed by atoms with Crippen LogP contribution in [-0.4, -0.2) is 21.4 Å². The molecular weight excluding hydrogens is 352 g/mol. The Bertz CT molecular complexity index is 924. The summed E-state index contributed by atoms with van der Waals surface area (Å²) in [4.78, 5) is 13.7. The van der Waals surface area contributed by atoms with E-state index in [0.717, 1.165) is 26.3 Å². The highest BCUT2D eigenvalue weighted by Gasteiger charge is 2.15. The molecule has 2 N–H and O–H groups in total. The maximum Gasteiger partial charge on any atom is 0.261 e. The molecule has 23 heavy (non-hydrogen) atoms. The van der Waals surface area contributed by atoms with E-state index < -0.39 is 10.0 Å². The van der Waals surface area contributed by atoms with Gasteiger partial charge in [-0.05, 0) is 36.7 Å². The maximum atomic E-state index is 12.2. The molecule has 2 aromatic heterocycles. The van der Waals surface area contributed by atoms with Gasteiger partial charge in [-0.25, -0.2) is 13.1 Å². The molecule has 120 valence electrons. The minimum atomic E-state index is -3.43. The molecule has 8 heteroatoms. The van der Waals surface area contributed by atoms with Crippen molar-refractivity contribution in [2.24, 2.45) is 0 Å². The molecule has 1 aromatic carbocycles. The van der Waals surface area contributed by atoms with Gasteiger partial charge < -0.3 is 5.32 Å². The monoisotopic (exact) mass is 366 g/mol. The lowest BCUT2D eigenvalue weighted by Gasteiger charge is -2.01. The van der Waals surface area contributed by atoms with E-state index in [0.29, 0.717) is 11.4 Å². The minimum absolute atomic E-state index is 0.155. The molecule has 0 unspecified atom stereocenters. The fraction of sp³-hybridized carbons (Fsp3) is 0.133.